The number of hydrogen-bond donors (Lipinski definition) is 2. The summed E-state index contributed by atoms with van der Waals surface area (Å²) < 4.78 is 0. The topological polar surface area (TPSA) is 57.8 Å². The van der Waals surface area contributed by atoms with Crippen molar-refractivity contribution in [3.63, 3.8) is 0 Å². The molecule has 1 amide bonds. The Balaban J connectivity index is 1.90. The maximum Gasteiger partial charge on any atom is 0.224 e. The molecule has 1 aromatic heterocycles. The monoisotopic (exact) mass is 257 g/mol. The molecule has 0 radical (unpaired) electrons. The smallest absolute Gasteiger partial charge is 0.224 e. The van der Waals surface area contributed by atoms with Crippen LogP contribution in [0.5, 0.6) is 0 Å². The third-order valence-electron chi connectivity index (χ3n) is 3.23. The van der Waals surface area contributed by atoms with Crippen LogP contribution in [0.2, 0.25) is 0 Å². The molecule has 1 aromatic carbocycles. The molecule has 2 aromatic rings. The number of amides is 1. The van der Waals surface area contributed by atoms with Gasteiger partial charge in [-0.25, -0.2) is 0 Å². The summed E-state index contributed by atoms with van der Waals surface area (Å²) in [7, 11) is 0. The van der Waals surface area contributed by atoms with E-state index in [4.69, 9.17) is 0 Å². The number of H-pyrrole nitrogens is 1. The Morgan fingerprint density at radius 2 is 1.89 bits per heavy atom. The van der Waals surface area contributed by atoms with Crippen LogP contribution in [0.3, 0.4) is 0 Å². The van der Waals surface area contributed by atoms with Gasteiger partial charge in [-0.3, -0.25) is 9.89 Å². The summed E-state index contributed by atoms with van der Waals surface area (Å²) in [5.41, 5.74) is 5.25. The highest BCUT2D eigenvalue weighted by Crippen LogP contribution is 2.09. The van der Waals surface area contributed by atoms with Gasteiger partial charge in [-0.05, 0) is 26.3 Å². The molecule has 100 valence electrons. The van der Waals surface area contributed by atoms with Gasteiger partial charge in [0.25, 0.3) is 0 Å². The van der Waals surface area contributed by atoms with Gasteiger partial charge in [-0.1, -0.05) is 29.8 Å². The molecule has 0 aliphatic heterocycles. The van der Waals surface area contributed by atoms with Crippen molar-refractivity contribution in [3.8, 4) is 0 Å². The standard InChI is InChI=1S/C15H19N3O/c1-10-4-6-13(7-5-10)8-15(19)16-9-14-11(2)17-18-12(14)3/h4-7H,8-9H2,1-3H3,(H,16,19)(H,17,18). The van der Waals surface area contributed by atoms with E-state index in [1.165, 1.54) is 5.56 Å². The molecule has 4 nitrogen and oxygen atoms in total. The number of benzene rings is 1. The van der Waals surface area contributed by atoms with Crippen LogP contribution in [0, 0.1) is 20.8 Å². The van der Waals surface area contributed by atoms with E-state index >= 15 is 0 Å². The van der Waals surface area contributed by atoms with Crippen molar-refractivity contribution >= 4 is 5.91 Å². The van der Waals surface area contributed by atoms with Crippen LogP contribution in [0.1, 0.15) is 28.1 Å². The molecule has 1 heterocycles. The first kappa shape index (κ1) is 13.3. The number of nitrogens with zero attached hydrogens (tertiary/aromatic N) is 1. The molecule has 2 N–H and O–H groups in total. The van der Waals surface area contributed by atoms with Crippen molar-refractivity contribution in [2.45, 2.75) is 33.7 Å². The minimum atomic E-state index is 0.0313. The predicted molar refractivity (Wildman–Crippen MR) is 74.8 cm³/mol. The summed E-state index contributed by atoms with van der Waals surface area (Å²) in [6.45, 7) is 6.46. The van der Waals surface area contributed by atoms with Gasteiger partial charge in [-0.15, -0.1) is 0 Å². The Kier molecular flexibility index (Phi) is 4.00. The highest BCUT2D eigenvalue weighted by Gasteiger charge is 2.08. The van der Waals surface area contributed by atoms with Gasteiger partial charge in [0, 0.05) is 17.8 Å². The summed E-state index contributed by atoms with van der Waals surface area (Å²) >= 11 is 0. The van der Waals surface area contributed by atoms with E-state index in [0.29, 0.717) is 13.0 Å². The molecule has 0 bridgehead atoms. The highest BCUT2D eigenvalue weighted by atomic mass is 16.1. The van der Waals surface area contributed by atoms with Crippen LogP contribution >= 0.6 is 0 Å². The van der Waals surface area contributed by atoms with Gasteiger partial charge >= 0.3 is 0 Å². The average molecular weight is 257 g/mol. The van der Waals surface area contributed by atoms with Crippen molar-refractivity contribution in [3.05, 3.63) is 52.3 Å². The van der Waals surface area contributed by atoms with Crippen LogP contribution in [0.15, 0.2) is 24.3 Å². The molecule has 0 fully saturated rings. The van der Waals surface area contributed by atoms with Crippen molar-refractivity contribution in [1.29, 1.82) is 0 Å². The molecule has 0 aliphatic carbocycles. The molecular weight excluding hydrogens is 238 g/mol. The van der Waals surface area contributed by atoms with E-state index in [9.17, 15) is 4.79 Å². The number of aryl methyl sites for hydroxylation is 3. The average Bonchev–Trinajstić information content (AvgIpc) is 2.70. The first-order valence-electron chi connectivity index (χ1n) is 6.39. The normalized spacial score (nSPS) is 10.5. The Morgan fingerprint density at radius 3 is 2.47 bits per heavy atom. The first-order chi connectivity index (χ1) is 9.06. The molecule has 0 atom stereocenters. The fourth-order valence-electron chi connectivity index (χ4n) is 1.98. The Morgan fingerprint density at radius 1 is 1.21 bits per heavy atom. The van der Waals surface area contributed by atoms with E-state index in [2.05, 4.69) is 15.5 Å². The van der Waals surface area contributed by atoms with Gasteiger partial charge < -0.3 is 5.32 Å². The second kappa shape index (κ2) is 5.69. The second-order valence-electron chi connectivity index (χ2n) is 4.85. The summed E-state index contributed by atoms with van der Waals surface area (Å²) in [6.07, 6.45) is 0.413. The maximum atomic E-state index is 11.9. The summed E-state index contributed by atoms with van der Waals surface area (Å²) in [4.78, 5) is 11.9. The number of nitrogens with one attached hydrogen (secondary N) is 2. The van der Waals surface area contributed by atoms with Gasteiger partial charge in [0.15, 0.2) is 0 Å². The Hall–Kier alpha value is -2.10. The van der Waals surface area contributed by atoms with E-state index in [1.807, 2.05) is 45.0 Å². The highest BCUT2D eigenvalue weighted by molar-refractivity contribution is 5.78. The van der Waals surface area contributed by atoms with Crippen molar-refractivity contribution in [2.75, 3.05) is 0 Å². The predicted octanol–water partition coefficient (Wildman–Crippen LogP) is 2.19. The number of carbonyl (C=O) groups excluding carboxylic acids is 1. The van der Waals surface area contributed by atoms with Gasteiger partial charge in [0.2, 0.25) is 5.91 Å². The first-order valence-corrected chi connectivity index (χ1v) is 6.39. The third-order valence-corrected chi connectivity index (χ3v) is 3.23. The van der Waals surface area contributed by atoms with Gasteiger partial charge in [0.05, 0.1) is 12.1 Å². The molecule has 0 spiro atoms. The number of hydrogen-bond acceptors (Lipinski definition) is 2. The van der Waals surface area contributed by atoms with E-state index < -0.39 is 0 Å². The summed E-state index contributed by atoms with van der Waals surface area (Å²) in [6, 6.07) is 8.02. The molecule has 0 unspecified atom stereocenters. The number of carbonyl (C=O) groups is 1. The van der Waals surface area contributed by atoms with Crippen molar-refractivity contribution < 1.29 is 4.79 Å². The molecule has 4 heteroatoms. The lowest BCUT2D eigenvalue weighted by Crippen LogP contribution is -2.25. The lowest BCUT2D eigenvalue weighted by atomic mass is 10.1. The maximum absolute atomic E-state index is 11.9. The van der Waals surface area contributed by atoms with E-state index in [0.717, 1.165) is 22.5 Å². The van der Waals surface area contributed by atoms with Crippen LogP contribution in [-0.4, -0.2) is 16.1 Å². The Labute approximate surface area is 113 Å². The molecule has 0 saturated heterocycles. The fourth-order valence-corrected chi connectivity index (χ4v) is 1.98. The minimum absolute atomic E-state index is 0.0313. The zero-order valence-corrected chi connectivity index (χ0v) is 11.6. The van der Waals surface area contributed by atoms with Crippen LogP contribution in [-0.2, 0) is 17.8 Å². The lowest BCUT2D eigenvalue weighted by molar-refractivity contribution is -0.120. The van der Waals surface area contributed by atoms with Crippen LogP contribution in [0.25, 0.3) is 0 Å². The van der Waals surface area contributed by atoms with E-state index in [1.54, 1.807) is 0 Å². The number of aromatic amines is 1. The quantitative estimate of drug-likeness (QED) is 0.882. The zero-order chi connectivity index (χ0) is 13.8. The molecular formula is C15H19N3O. The third kappa shape index (κ3) is 3.44. The molecule has 0 aliphatic rings. The number of rotatable bonds is 4. The van der Waals surface area contributed by atoms with Crippen LogP contribution in [0.4, 0.5) is 0 Å². The van der Waals surface area contributed by atoms with Crippen molar-refractivity contribution in [2.24, 2.45) is 0 Å². The van der Waals surface area contributed by atoms with Gasteiger partial charge in [-0.2, -0.15) is 5.10 Å². The summed E-state index contributed by atoms with van der Waals surface area (Å²) in [5.74, 6) is 0.0313. The largest absolute Gasteiger partial charge is 0.352 e. The fraction of sp³-hybridized carbons (Fsp3) is 0.333. The molecule has 19 heavy (non-hydrogen) atoms. The van der Waals surface area contributed by atoms with Crippen LogP contribution < -0.4 is 5.32 Å². The van der Waals surface area contributed by atoms with Crippen molar-refractivity contribution in [1.82, 2.24) is 15.5 Å². The summed E-state index contributed by atoms with van der Waals surface area (Å²) in [5, 5.41) is 9.96. The SMILES string of the molecule is Cc1ccc(CC(=O)NCc2c(C)n[nH]c2C)cc1. The lowest BCUT2D eigenvalue weighted by Gasteiger charge is -2.06. The second-order valence-corrected chi connectivity index (χ2v) is 4.85. The number of aromatic nitrogens is 2. The van der Waals surface area contributed by atoms with Gasteiger partial charge in [0.1, 0.15) is 0 Å². The van der Waals surface area contributed by atoms with E-state index in [-0.39, 0.29) is 5.91 Å². The zero-order valence-electron chi connectivity index (χ0n) is 11.6. The molecule has 2 rings (SSSR count). The molecule has 0 saturated carbocycles. The Bertz CT molecular complexity index is 550. The minimum Gasteiger partial charge on any atom is -0.352 e.